The molecule has 0 aliphatic rings. The number of nitrogen functional groups attached to an aromatic ring is 1. The van der Waals surface area contributed by atoms with Crippen molar-refractivity contribution in [2.75, 3.05) is 5.73 Å². The average molecular weight is 249 g/mol. The molecule has 1 aromatic carbocycles. The Kier molecular flexibility index (Phi) is 2.09. The fourth-order valence-electron chi connectivity index (χ4n) is 1.74. The number of imidazole rings is 1. The highest BCUT2D eigenvalue weighted by molar-refractivity contribution is 6.31. The van der Waals surface area contributed by atoms with Crippen LogP contribution in [0.25, 0.3) is 22.6 Å². The fourth-order valence-corrected chi connectivity index (χ4v) is 1.97. The lowest BCUT2D eigenvalue weighted by Crippen LogP contribution is -1.86. The lowest BCUT2D eigenvalue weighted by atomic mass is 10.3. The molecule has 0 atom stereocenters. The van der Waals surface area contributed by atoms with Crippen molar-refractivity contribution in [2.24, 2.45) is 0 Å². The van der Waals surface area contributed by atoms with Crippen LogP contribution in [0.5, 0.6) is 0 Å². The molecule has 0 aliphatic heterocycles. The number of anilines is 1. The van der Waals surface area contributed by atoms with Crippen molar-refractivity contribution in [2.45, 2.75) is 6.92 Å². The number of H-pyrrole nitrogens is 1. The second-order valence-electron chi connectivity index (χ2n) is 3.74. The molecule has 2 aromatic heterocycles. The van der Waals surface area contributed by atoms with E-state index in [1.807, 2.05) is 6.92 Å². The van der Waals surface area contributed by atoms with Gasteiger partial charge in [-0.25, -0.2) is 9.97 Å². The van der Waals surface area contributed by atoms with Crippen LogP contribution in [-0.2, 0) is 0 Å². The van der Waals surface area contributed by atoms with E-state index < -0.39 is 0 Å². The summed E-state index contributed by atoms with van der Waals surface area (Å²) in [6.07, 6.45) is 1.38. The van der Waals surface area contributed by atoms with Gasteiger partial charge in [-0.2, -0.15) is 0 Å². The first-order chi connectivity index (χ1) is 8.15. The Bertz CT molecular complexity index is 701. The molecule has 0 fully saturated rings. The number of aromatic nitrogens is 3. The van der Waals surface area contributed by atoms with E-state index in [1.165, 1.54) is 6.39 Å². The molecule has 6 heteroatoms. The molecular weight excluding hydrogens is 240 g/mol. The summed E-state index contributed by atoms with van der Waals surface area (Å²) < 4.78 is 5.27. The van der Waals surface area contributed by atoms with Gasteiger partial charge in [-0.1, -0.05) is 11.6 Å². The number of oxazole rings is 1. The lowest BCUT2D eigenvalue weighted by molar-refractivity contribution is 0.567. The van der Waals surface area contributed by atoms with E-state index in [4.69, 9.17) is 21.8 Å². The van der Waals surface area contributed by atoms with E-state index in [9.17, 15) is 0 Å². The summed E-state index contributed by atoms with van der Waals surface area (Å²) >= 11 is 5.93. The first-order valence-corrected chi connectivity index (χ1v) is 5.38. The highest BCUT2D eigenvalue weighted by atomic mass is 35.5. The SMILES string of the molecule is Cc1ncoc1-c1nc2c(N)cc(Cl)cc2[nH]1. The van der Waals surface area contributed by atoms with Gasteiger partial charge in [0.25, 0.3) is 0 Å². The summed E-state index contributed by atoms with van der Waals surface area (Å²) in [5.41, 5.74) is 8.61. The molecule has 0 saturated heterocycles. The molecule has 0 unspecified atom stereocenters. The van der Waals surface area contributed by atoms with Gasteiger partial charge in [0.1, 0.15) is 5.52 Å². The zero-order valence-corrected chi connectivity index (χ0v) is 9.75. The highest BCUT2D eigenvalue weighted by Crippen LogP contribution is 2.28. The van der Waals surface area contributed by atoms with Crippen molar-refractivity contribution in [1.29, 1.82) is 0 Å². The highest BCUT2D eigenvalue weighted by Gasteiger charge is 2.13. The standard InChI is InChI=1S/C11H9ClN4O/c1-5-10(17-4-14-5)11-15-8-3-6(12)2-7(13)9(8)16-11/h2-4H,13H2,1H3,(H,15,16). The Morgan fingerprint density at radius 2 is 2.24 bits per heavy atom. The summed E-state index contributed by atoms with van der Waals surface area (Å²) in [6.45, 7) is 1.85. The number of hydrogen-bond donors (Lipinski definition) is 2. The number of nitrogens with one attached hydrogen (secondary N) is 1. The molecule has 17 heavy (non-hydrogen) atoms. The number of fused-ring (bicyclic) bond motifs is 1. The van der Waals surface area contributed by atoms with Gasteiger partial charge in [-0.05, 0) is 19.1 Å². The smallest absolute Gasteiger partial charge is 0.192 e. The zero-order valence-electron chi connectivity index (χ0n) is 8.99. The third-order valence-electron chi connectivity index (χ3n) is 2.54. The van der Waals surface area contributed by atoms with E-state index in [0.29, 0.717) is 27.8 Å². The summed E-state index contributed by atoms with van der Waals surface area (Å²) in [5.74, 6) is 1.21. The van der Waals surface area contributed by atoms with Crippen LogP contribution in [0.1, 0.15) is 5.69 Å². The molecular formula is C11H9ClN4O. The first kappa shape index (κ1) is 10.2. The maximum Gasteiger partial charge on any atom is 0.192 e. The summed E-state index contributed by atoms with van der Waals surface area (Å²) in [6, 6.07) is 3.44. The number of nitrogens with zero attached hydrogens (tertiary/aromatic N) is 2. The van der Waals surface area contributed by atoms with Crippen LogP contribution >= 0.6 is 11.6 Å². The molecule has 0 radical (unpaired) electrons. The predicted octanol–water partition coefficient (Wildman–Crippen LogP) is 2.76. The second kappa shape index (κ2) is 3.49. The third-order valence-corrected chi connectivity index (χ3v) is 2.76. The number of aryl methyl sites for hydroxylation is 1. The molecule has 0 aliphatic carbocycles. The van der Waals surface area contributed by atoms with E-state index in [0.717, 1.165) is 11.2 Å². The van der Waals surface area contributed by atoms with Gasteiger partial charge in [-0.15, -0.1) is 0 Å². The van der Waals surface area contributed by atoms with Gasteiger partial charge >= 0.3 is 0 Å². The zero-order chi connectivity index (χ0) is 12.0. The number of aromatic amines is 1. The van der Waals surface area contributed by atoms with Crippen molar-refractivity contribution in [1.82, 2.24) is 15.0 Å². The quantitative estimate of drug-likeness (QED) is 0.649. The van der Waals surface area contributed by atoms with Crippen LogP contribution in [0.15, 0.2) is 22.9 Å². The predicted molar refractivity (Wildman–Crippen MR) is 65.8 cm³/mol. The molecule has 0 spiro atoms. The monoisotopic (exact) mass is 248 g/mol. The molecule has 0 bridgehead atoms. The molecule has 86 valence electrons. The van der Waals surface area contributed by atoms with Crippen molar-refractivity contribution in [3.63, 3.8) is 0 Å². The van der Waals surface area contributed by atoms with Crippen LogP contribution in [0.2, 0.25) is 5.02 Å². The largest absolute Gasteiger partial charge is 0.440 e. The maximum absolute atomic E-state index is 5.93. The molecule has 0 amide bonds. The molecule has 3 rings (SSSR count). The van der Waals surface area contributed by atoms with Gasteiger partial charge in [0, 0.05) is 5.02 Å². The Morgan fingerprint density at radius 1 is 1.41 bits per heavy atom. The summed E-state index contributed by atoms with van der Waals surface area (Å²) in [7, 11) is 0. The maximum atomic E-state index is 5.93. The van der Waals surface area contributed by atoms with Gasteiger partial charge < -0.3 is 15.1 Å². The Hall–Kier alpha value is -2.01. The van der Waals surface area contributed by atoms with E-state index in [-0.39, 0.29) is 0 Å². The number of rotatable bonds is 1. The van der Waals surface area contributed by atoms with Crippen LogP contribution in [0.3, 0.4) is 0 Å². The normalized spacial score (nSPS) is 11.2. The topological polar surface area (TPSA) is 80.7 Å². The Morgan fingerprint density at radius 3 is 2.94 bits per heavy atom. The number of halogens is 1. The first-order valence-electron chi connectivity index (χ1n) is 5.00. The third kappa shape index (κ3) is 1.55. The van der Waals surface area contributed by atoms with Gasteiger partial charge in [0.2, 0.25) is 0 Å². The van der Waals surface area contributed by atoms with Crippen molar-refractivity contribution >= 4 is 28.3 Å². The minimum absolute atomic E-state index is 0.534. The second-order valence-corrected chi connectivity index (χ2v) is 4.18. The fraction of sp³-hybridized carbons (Fsp3) is 0.0909. The minimum atomic E-state index is 0.534. The van der Waals surface area contributed by atoms with Crippen LogP contribution in [0, 0.1) is 6.92 Å². The Balaban J connectivity index is 2.27. The van der Waals surface area contributed by atoms with Gasteiger partial charge in [0.15, 0.2) is 18.0 Å². The van der Waals surface area contributed by atoms with E-state index in [1.54, 1.807) is 12.1 Å². The van der Waals surface area contributed by atoms with E-state index in [2.05, 4.69) is 15.0 Å². The molecule has 3 N–H and O–H groups in total. The number of hydrogen-bond acceptors (Lipinski definition) is 4. The minimum Gasteiger partial charge on any atom is -0.440 e. The molecule has 5 nitrogen and oxygen atoms in total. The van der Waals surface area contributed by atoms with Crippen LogP contribution in [-0.4, -0.2) is 15.0 Å². The lowest BCUT2D eigenvalue weighted by Gasteiger charge is -1.94. The Labute approximate surface area is 102 Å². The summed E-state index contributed by atoms with van der Waals surface area (Å²) in [4.78, 5) is 11.5. The van der Waals surface area contributed by atoms with Gasteiger partial charge in [-0.3, -0.25) is 0 Å². The van der Waals surface area contributed by atoms with Crippen molar-refractivity contribution < 1.29 is 4.42 Å². The number of benzene rings is 1. The summed E-state index contributed by atoms with van der Waals surface area (Å²) in [5, 5.41) is 0.569. The average Bonchev–Trinajstić information content (AvgIpc) is 2.83. The van der Waals surface area contributed by atoms with Crippen molar-refractivity contribution in [3.05, 3.63) is 29.2 Å². The van der Waals surface area contributed by atoms with Crippen molar-refractivity contribution in [3.8, 4) is 11.6 Å². The van der Waals surface area contributed by atoms with Crippen LogP contribution in [0.4, 0.5) is 5.69 Å². The van der Waals surface area contributed by atoms with Crippen LogP contribution < -0.4 is 5.73 Å². The molecule has 0 saturated carbocycles. The number of nitrogens with two attached hydrogens (primary N) is 1. The van der Waals surface area contributed by atoms with Gasteiger partial charge in [0.05, 0.1) is 16.9 Å². The van der Waals surface area contributed by atoms with E-state index >= 15 is 0 Å². The molecule has 2 heterocycles. The molecule has 3 aromatic rings.